The Morgan fingerprint density at radius 2 is 1.78 bits per heavy atom. The first-order chi connectivity index (χ1) is 4.27. The molecule has 0 aromatic carbocycles. The first-order valence-corrected chi connectivity index (χ1v) is 3.62. The molecule has 0 atom stereocenters. The van der Waals surface area contributed by atoms with E-state index in [1.54, 1.807) is 0 Å². The normalized spacial score (nSPS) is 8.67. The maximum absolute atomic E-state index is 5.25. The highest BCUT2D eigenvalue weighted by molar-refractivity contribution is 4.42. The molecule has 0 aromatic heterocycles. The van der Waals surface area contributed by atoms with Crippen molar-refractivity contribution in [3.05, 3.63) is 0 Å². The van der Waals surface area contributed by atoms with Crippen molar-refractivity contribution in [1.82, 2.24) is 4.90 Å². The summed E-state index contributed by atoms with van der Waals surface area (Å²) in [5.74, 6) is 0. The molecular formula is C7H22N2. The Bertz CT molecular complexity index is 40.6. The van der Waals surface area contributed by atoms with E-state index in [1.165, 1.54) is 0 Å². The third-order valence-electron chi connectivity index (χ3n) is 0.809. The Kier molecular flexibility index (Phi) is 14.0. The molecule has 0 bridgehead atoms. The Hall–Kier alpha value is -0.0800. The Balaban J connectivity index is -0.000000149. The first kappa shape index (κ1) is 11.7. The molecule has 0 spiro atoms. The molecule has 0 aliphatic carbocycles. The van der Waals surface area contributed by atoms with E-state index in [4.69, 9.17) is 5.73 Å². The van der Waals surface area contributed by atoms with Gasteiger partial charge < -0.3 is 10.6 Å². The molecule has 2 nitrogen and oxygen atoms in total. The van der Waals surface area contributed by atoms with E-state index in [9.17, 15) is 0 Å². The lowest BCUT2D eigenvalue weighted by Crippen LogP contribution is -2.16. The molecule has 0 unspecified atom stereocenters. The number of nitrogens with two attached hydrogens (primary N) is 1. The molecule has 2 heteroatoms. The predicted molar refractivity (Wildman–Crippen MR) is 45.7 cm³/mol. The summed E-state index contributed by atoms with van der Waals surface area (Å²) >= 11 is 0. The van der Waals surface area contributed by atoms with Crippen molar-refractivity contribution < 1.29 is 1.43 Å². The fourth-order valence-electron chi connectivity index (χ4n) is 0.408. The van der Waals surface area contributed by atoms with Gasteiger partial charge in [-0.3, -0.25) is 0 Å². The third-order valence-corrected chi connectivity index (χ3v) is 0.809. The van der Waals surface area contributed by atoms with Gasteiger partial charge in [0.05, 0.1) is 0 Å². The van der Waals surface area contributed by atoms with Gasteiger partial charge in [0, 0.05) is 1.43 Å². The summed E-state index contributed by atoms with van der Waals surface area (Å²) in [6.45, 7) is 5.91. The van der Waals surface area contributed by atoms with Crippen LogP contribution < -0.4 is 5.73 Å². The van der Waals surface area contributed by atoms with Crippen LogP contribution >= 0.6 is 0 Å². The van der Waals surface area contributed by atoms with E-state index in [0.29, 0.717) is 0 Å². The van der Waals surface area contributed by atoms with Crippen LogP contribution in [0.25, 0.3) is 0 Å². The van der Waals surface area contributed by atoms with Crippen LogP contribution in [0.3, 0.4) is 0 Å². The van der Waals surface area contributed by atoms with Crippen molar-refractivity contribution >= 4 is 0 Å². The molecule has 0 fully saturated rings. The van der Waals surface area contributed by atoms with Crippen molar-refractivity contribution in [2.45, 2.75) is 20.3 Å². The van der Waals surface area contributed by atoms with Crippen LogP contribution in [-0.2, 0) is 0 Å². The van der Waals surface area contributed by atoms with E-state index in [2.05, 4.69) is 19.0 Å². The minimum absolute atomic E-state index is 0. The molecule has 0 heterocycles. The quantitative estimate of drug-likeness (QED) is 0.628. The first-order valence-electron chi connectivity index (χ1n) is 3.62. The van der Waals surface area contributed by atoms with Crippen molar-refractivity contribution in [2.24, 2.45) is 5.73 Å². The topological polar surface area (TPSA) is 29.3 Å². The second-order valence-corrected chi connectivity index (χ2v) is 1.95. The molecule has 60 valence electrons. The summed E-state index contributed by atoms with van der Waals surface area (Å²) in [6, 6.07) is 0. The molecule has 9 heavy (non-hydrogen) atoms. The highest BCUT2D eigenvalue weighted by Gasteiger charge is 1.83. The van der Waals surface area contributed by atoms with Gasteiger partial charge in [-0.15, -0.1) is 0 Å². The highest BCUT2D eigenvalue weighted by atomic mass is 15.0. The number of rotatable bonds is 3. The second-order valence-electron chi connectivity index (χ2n) is 1.95. The molecule has 0 radical (unpaired) electrons. The summed E-state index contributed by atoms with van der Waals surface area (Å²) in [6.07, 6.45) is 1.10. The molecule has 0 saturated carbocycles. The molecule has 0 aliphatic rings. The zero-order chi connectivity index (χ0) is 7.70. The average molecular weight is 134 g/mol. The van der Waals surface area contributed by atoms with E-state index >= 15 is 0 Å². The summed E-state index contributed by atoms with van der Waals surface area (Å²) in [5, 5.41) is 0. The summed E-state index contributed by atoms with van der Waals surface area (Å²) in [4.78, 5) is 2.13. The van der Waals surface area contributed by atoms with Crippen molar-refractivity contribution in [3.63, 3.8) is 0 Å². The minimum atomic E-state index is 0. The molecule has 0 rings (SSSR count). The largest absolute Gasteiger partial charge is 0.330 e. The fourth-order valence-corrected chi connectivity index (χ4v) is 0.408. The van der Waals surface area contributed by atoms with E-state index < -0.39 is 0 Å². The monoisotopic (exact) mass is 134 g/mol. The van der Waals surface area contributed by atoms with Crippen molar-refractivity contribution in [2.75, 3.05) is 27.2 Å². The fraction of sp³-hybridized carbons (Fsp3) is 1.00. The van der Waals surface area contributed by atoms with Crippen LogP contribution in [0.5, 0.6) is 0 Å². The van der Waals surface area contributed by atoms with Crippen LogP contribution in [0.2, 0.25) is 0 Å². The molecule has 0 amide bonds. The maximum atomic E-state index is 5.25. The van der Waals surface area contributed by atoms with Crippen LogP contribution in [0.15, 0.2) is 0 Å². The minimum Gasteiger partial charge on any atom is -0.330 e. The van der Waals surface area contributed by atoms with E-state index in [1.807, 2.05) is 13.8 Å². The number of hydrogen-bond acceptors (Lipinski definition) is 2. The Morgan fingerprint density at radius 1 is 1.33 bits per heavy atom. The zero-order valence-corrected chi connectivity index (χ0v) is 7.15. The lowest BCUT2D eigenvalue weighted by atomic mass is 10.4. The lowest BCUT2D eigenvalue weighted by Gasteiger charge is -2.05. The van der Waals surface area contributed by atoms with Gasteiger partial charge in [0.15, 0.2) is 0 Å². The molecule has 0 aromatic rings. The van der Waals surface area contributed by atoms with Gasteiger partial charge in [0.25, 0.3) is 0 Å². The SMILES string of the molecule is CC.CN(C)CCCN.[HH]. The number of nitrogens with zero attached hydrogens (tertiary/aromatic N) is 1. The van der Waals surface area contributed by atoms with Crippen LogP contribution in [0, 0.1) is 0 Å². The van der Waals surface area contributed by atoms with Crippen LogP contribution in [0.4, 0.5) is 0 Å². The highest BCUT2D eigenvalue weighted by Crippen LogP contribution is 1.76. The van der Waals surface area contributed by atoms with Crippen LogP contribution in [-0.4, -0.2) is 32.1 Å². The second kappa shape index (κ2) is 10.8. The lowest BCUT2D eigenvalue weighted by molar-refractivity contribution is 0.403. The van der Waals surface area contributed by atoms with Gasteiger partial charge >= 0.3 is 0 Å². The van der Waals surface area contributed by atoms with Gasteiger partial charge in [0.1, 0.15) is 0 Å². The third kappa shape index (κ3) is 18.1. The van der Waals surface area contributed by atoms with E-state index in [0.717, 1.165) is 19.5 Å². The van der Waals surface area contributed by atoms with Gasteiger partial charge in [-0.1, -0.05) is 13.8 Å². The zero-order valence-electron chi connectivity index (χ0n) is 7.15. The van der Waals surface area contributed by atoms with Crippen LogP contribution in [0.1, 0.15) is 21.7 Å². The predicted octanol–water partition coefficient (Wildman–Crippen LogP) is 1.17. The van der Waals surface area contributed by atoms with Gasteiger partial charge in [-0.25, -0.2) is 0 Å². The summed E-state index contributed by atoms with van der Waals surface area (Å²) < 4.78 is 0. The van der Waals surface area contributed by atoms with Crippen molar-refractivity contribution in [3.8, 4) is 0 Å². The summed E-state index contributed by atoms with van der Waals surface area (Å²) in [5.41, 5.74) is 5.25. The molecular weight excluding hydrogens is 112 g/mol. The van der Waals surface area contributed by atoms with E-state index in [-0.39, 0.29) is 1.43 Å². The summed E-state index contributed by atoms with van der Waals surface area (Å²) in [7, 11) is 4.10. The standard InChI is InChI=1S/C5H14N2.C2H6.H2/c1-7(2)5-3-4-6;1-2;/h3-6H2,1-2H3;1-2H3;1H. The average Bonchev–Trinajstić information content (AvgIpc) is 1.88. The Labute approximate surface area is 60.5 Å². The smallest absolute Gasteiger partial charge is 0 e. The molecule has 0 aliphatic heterocycles. The number of hydrogen-bond donors (Lipinski definition) is 1. The van der Waals surface area contributed by atoms with Gasteiger partial charge in [-0.05, 0) is 33.6 Å². The maximum Gasteiger partial charge on any atom is 0 e. The Morgan fingerprint density at radius 3 is 1.89 bits per heavy atom. The van der Waals surface area contributed by atoms with Gasteiger partial charge in [-0.2, -0.15) is 0 Å². The molecule has 2 N–H and O–H groups in total. The molecule has 0 saturated heterocycles. The van der Waals surface area contributed by atoms with Gasteiger partial charge in [0.2, 0.25) is 0 Å². The van der Waals surface area contributed by atoms with Crippen molar-refractivity contribution in [1.29, 1.82) is 0 Å².